The molecule has 2 N–H and O–H groups in total. The van der Waals surface area contributed by atoms with Crippen molar-refractivity contribution in [3.8, 4) is 6.07 Å². The van der Waals surface area contributed by atoms with Crippen LogP contribution in [0.25, 0.3) is 10.9 Å². The maximum absolute atomic E-state index is 13.5. The Morgan fingerprint density at radius 3 is 2.79 bits per heavy atom. The third-order valence-corrected chi connectivity index (χ3v) is 8.31. The lowest BCUT2D eigenvalue weighted by Crippen LogP contribution is -2.49. The summed E-state index contributed by atoms with van der Waals surface area (Å²) in [6, 6.07) is 8.06. The molecule has 0 radical (unpaired) electrons. The molecule has 8 heteroatoms. The fraction of sp³-hybridized carbons (Fsp3) is 0.538. The predicted molar refractivity (Wildman–Crippen MR) is 128 cm³/mol. The number of nitriles is 1. The Kier molecular flexibility index (Phi) is 6.11. The molecule has 3 aliphatic rings. The van der Waals surface area contributed by atoms with E-state index >= 15 is 0 Å². The van der Waals surface area contributed by atoms with Crippen molar-refractivity contribution in [2.75, 3.05) is 6.54 Å². The van der Waals surface area contributed by atoms with E-state index in [0.29, 0.717) is 42.0 Å². The van der Waals surface area contributed by atoms with Crippen molar-refractivity contribution in [2.24, 2.45) is 11.3 Å². The van der Waals surface area contributed by atoms with Crippen LogP contribution in [0, 0.1) is 22.7 Å². The van der Waals surface area contributed by atoms with E-state index in [2.05, 4.69) is 16.4 Å². The minimum Gasteiger partial charge on any atom is -0.349 e. The standard InChI is InChI=1S/C26H29ClN4O3/c27-19-7-3-6-17-12-20(30-23(17)19)25(34)31-15-26(9-4-10-26)13-21(31)24(33)29-18(14-28)11-16-5-1-2-8-22(16)32/h3,6-7,12,16,18,21,30H,1-2,4-5,8-11,13,15H2,(H,29,33)/t16-,18-,21?/m0/s1. The van der Waals surface area contributed by atoms with Crippen LogP contribution < -0.4 is 5.32 Å². The van der Waals surface area contributed by atoms with Crippen LogP contribution in [0.2, 0.25) is 5.02 Å². The first kappa shape index (κ1) is 22.9. The smallest absolute Gasteiger partial charge is 0.271 e. The van der Waals surface area contributed by atoms with Crippen molar-refractivity contribution < 1.29 is 14.4 Å². The number of aromatic amines is 1. The molecule has 0 bridgehead atoms. The molecular weight excluding hydrogens is 452 g/mol. The molecule has 2 heterocycles. The van der Waals surface area contributed by atoms with Crippen molar-refractivity contribution in [1.29, 1.82) is 5.26 Å². The Morgan fingerprint density at radius 1 is 1.29 bits per heavy atom. The third-order valence-electron chi connectivity index (χ3n) is 8.00. The highest BCUT2D eigenvalue weighted by atomic mass is 35.5. The number of fused-ring (bicyclic) bond motifs is 1. The van der Waals surface area contributed by atoms with E-state index in [1.807, 2.05) is 12.1 Å². The van der Waals surface area contributed by atoms with Gasteiger partial charge in [0.05, 0.1) is 16.6 Å². The number of carbonyl (C=O) groups excluding carboxylic acids is 3. The molecule has 2 aromatic rings. The minimum atomic E-state index is -0.735. The largest absolute Gasteiger partial charge is 0.349 e. The van der Waals surface area contributed by atoms with Gasteiger partial charge in [-0.15, -0.1) is 0 Å². The van der Waals surface area contributed by atoms with Gasteiger partial charge in [0.25, 0.3) is 5.91 Å². The van der Waals surface area contributed by atoms with Gasteiger partial charge in [-0.2, -0.15) is 5.26 Å². The van der Waals surface area contributed by atoms with E-state index in [0.717, 1.165) is 43.9 Å². The Balaban J connectivity index is 1.34. The molecule has 3 fully saturated rings. The van der Waals surface area contributed by atoms with Crippen molar-refractivity contribution in [1.82, 2.24) is 15.2 Å². The lowest BCUT2D eigenvalue weighted by Gasteiger charge is -2.37. The van der Waals surface area contributed by atoms with Crippen LogP contribution in [0.15, 0.2) is 24.3 Å². The summed E-state index contributed by atoms with van der Waals surface area (Å²) in [4.78, 5) is 43.9. The number of likely N-dealkylation sites (tertiary alicyclic amines) is 1. The van der Waals surface area contributed by atoms with Crippen LogP contribution in [0.4, 0.5) is 0 Å². The highest BCUT2D eigenvalue weighted by molar-refractivity contribution is 6.35. The number of nitrogens with one attached hydrogen (secondary N) is 2. The Bertz CT molecular complexity index is 1180. The van der Waals surface area contributed by atoms with E-state index in [4.69, 9.17) is 11.6 Å². The van der Waals surface area contributed by atoms with Gasteiger partial charge in [0.2, 0.25) is 5.91 Å². The van der Waals surface area contributed by atoms with Gasteiger partial charge in [-0.1, -0.05) is 36.6 Å². The van der Waals surface area contributed by atoms with E-state index in [1.54, 1.807) is 17.0 Å². The first-order chi connectivity index (χ1) is 16.4. The van der Waals surface area contributed by atoms with Crippen molar-refractivity contribution in [3.63, 3.8) is 0 Å². The number of rotatable bonds is 5. The summed E-state index contributed by atoms with van der Waals surface area (Å²) in [6.07, 6.45) is 7.24. The zero-order valence-electron chi connectivity index (χ0n) is 19.1. The van der Waals surface area contributed by atoms with Gasteiger partial charge in [-0.3, -0.25) is 14.4 Å². The maximum atomic E-state index is 13.5. The predicted octanol–water partition coefficient (Wildman–Crippen LogP) is 4.36. The van der Waals surface area contributed by atoms with Crippen LogP contribution in [0.5, 0.6) is 0 Å². The number of hydrogen-bond donors (Lipinski definition) is 2. The summed E-state index contributed by atoms with van der Waals surface area (Å²) < 4.78 is 0. The monoisotopic (exact) mass is 480 g/mol. The zero-order valence-corrected chi connectivity index (χ0v) is 19.9. The molecular formula is C26H29ClN4O3. The third kappa shape index (κ3) is 4.20. The molecule has 34 heavy (non-hydrogen) atoms. The fourth-order valence-corrected chi connectivity index (χ4v) is 6.16. The molecule has 2 amide bonds. The molecule has 1 unspecified atom stereocenters. The second kappa shape index (κ2) is 9.07. The molecule has 1 aromatic carbocycles. The molecule has 178 valence electrons. The second-order valence-corrected chi connectivity index (χ2v) is 10.6. The van der Waals surface area contributed by atoms with Gasteiger partial charge in [0.1, 0.15) is 23.6 Å². The molecule has 2 aliphatic carbocycles. The van der Waals surface area contributed by atoms with E-state index in [9.17, 15) is 19.6 Å². The molecule has 5 rings (SSSR count). The highest BCUT2D eigenvalue weighted by Gasteiger charge is 2.52. The minimum absolute atomic E-state index is 0.0250. The Hall–Kier alpha value is -2.85. The molecule has 3 atom stereocenters. The number of carbonyl (C=O) groups is 3. The van der Waals surface area contributed by atoms with Crippen LogP contribution >= 0.6 is 11.6 Å². The number of benzene rings is 1. The Morgan fingerprint density at radius 2 is 2.12 bits per heavy atom. The average molecular weight is 481 g/mol. The van der Waals surface area contributed by atoms with Gasteiger partial charge >= 0.3 is 0 Å². The molecule has 1 aromatic heterocycles. The van der Waals surface area contributed by atoms with E-state index in [-0.39, 0.29) is 28.9 Å². The summed E-state index contributed by atoms with van der Waals surface area (Å²) in [5.41, 5.74) is 1.08. The van der Waals surface area contributed by atoms with Gasteiger partial charge in [0, 0.05) is 24.3 Å². The number of amides is 2. The molecule has 1 aliphatic heterocycles. The van der Waals surface area contributed by atoms with Crippen LogP contribution in [0.1, 0.15) is 68.3 Å². The highest BCUT2D eigenvalue weighted by Crippen LogP contribution is 2.50. The topological polar surface area (TPSA) is 106 Å². The maximum Gasteiger partial charge on any atom is 0.271 e. The van der Waals surface area contributed by atoms with Gasteiger partial charge in [-0.25, -0.2) is 0 Å². The summed E-state index contributed by atoms with van der Waals surface area (Å²) in [5, 5.41) is 13.9. The van der Waals surface area contributed by atoms with Crippen LogP contribution in [-0.4, -0.2) is 46.1 Å². The molecule has 2 saturated carbocycles. The van der Waals surface area contributed by atoms with E-state index in [1.165, 1.54) is 0 Å². The lowest BCUT2D eigenvalue weighted by atomic mass is 9.67. The number of H-pyrrole nitrogens is 1. The quantitative estimate of drug-likeness (QED) is 0.662. The molecule has 1 saturated heterocycles. The molecule has 1 spiro atoms. The van der Waals surface area contributed by atoms with Crippen LogP contribution in [0.3, 0.4) is 0 Å². The number of halogens is 1. The number of nitrogens with zero attached hydrogens (tertiary/aromatic N) is 2. The van der Waals surface area contributed by atoms with Gasteiger partial charge in [-0.05, 0) is 56.1 Å². The number of aromatic nitrogens is 1. The normalized spacial score (nSPS) is 24.6. The lowest BCUT2D eigenvalue weighted by molar-refractivity contribution is -0.127. The van der Waals surface area contributed by atoms with Crippen LogP contribution in [-0.2, 0) is 9.59 Å². The average Bonchev–Trinajstić information content (AvgIpc) is 3.43. The first-order valence-corrected chi connectivity index (χ1v) is 12.6. The van der Waals surface area contributed by atoms with Crippen molar-refractivity contribution >= 4 is 40.1 Å². The molecule has 7 nitrogen and oxygen atoms in total. The summed E-state index contributed by atoms with van der Waals surface area (Å²) in [6.45, 7) is 0.533. The number of ketones is 1. The summed E-state index contributed by atoms with van der Waals surface area (Å²) in [7, 11) is 0. The number of Topliss-reactive ketones (excluding diaryl/α,β-unsaturated/α-hetero) is 1. The zero-order chi connectivity index (χ0) is 23.9. The number of para-hydroxylation sites is 1. The fourth-order valence-electron chi connectivity index (χ4n) is 5.93. The van der Waals surface area contributed by atoms with Gasteiger partial charge in [0.15, 0.2) is 0 Å². The van der Waals surface area contributed by atoms with Gasteiger partial charge < -0.3 is 15.2 Å². The Labute approximate surface area is 203 Å². The number of hydrogen-bond acceptors (Lipinski definition) is 4. The summed E-state index contributed by atoms with van der Waals surface area (Å²) >= 11 is 6.28. The van der Waals surface area contributed by atoms with Crippen molar-refractivity contribution in [3.05, 3.63) is 35.0 Å². The first-order valence-electron chi connectivity index (χ1n) is 12.2. The second-order valence-electron chi connectivity index (χ2n) is 10.2. The van der Waals surface area contributed by atoms with Crippen molar-refractivity contribution in [2.45, 2.75) is 69.9 Å². The summed E-state index contributed by atoms with van der Waals surface area (Å²) in [5.74, 6) is -0.522. The SMILES string of the molecule is N#C[C@H](C[C@@H]1CCCCC1=O)NC(=O)C1CC2(CCC2)CN1C(=O)c1cc2cccc(Cl)c2[nH]1. The van der Waals surface area contributed by atoms with E-state index < -0.39 is 12.1 Å².